The Hall–Kier alpha value is -1.18. The first kappa shape index (κ1) is 10.3. The van der Waals surface area contributed by atoms with Crippen LogP contribution in [0.2, 0.25) is 0 Å². The zero-order valence-electron chi connectivity index (χ0n) is 9.21. The van der Waals surface area contributed by atoms with E-state index in [9.17, 15) is 0 Å². The standard InChI is InChI=1S/C13H20N2/c14-12-7-11(8-13(15)9-12)6-10-4-2-1-3-5-10/h7-10H,1-6,14-15H2. The maximum Gasteiger partial charge on any atom is 0.0337 e. The van der Waals surface area contributed by atoms with Gasteiger partial charge in [-0.25, -0.2) is 0 Å². The van der Waals surface area contributed by atoms with E-state index in [4.69, 9.17) is 11.5 Å². The highest BCUT2D eigenvalue weighted by molar-refractivity contribution is 5.54. The van der Waals surface area contributed by atoms with Crippen LogP contribution in [0.1, 0.15) is 37.7 Å². The molecule has 1 fully saturated rings. The Kier molecular flexibility index (Phi) is 3.14. The van der Waals surface area contributed by atoms with E-state index in [1.807, 2.05) is 6.07 Å². The van der Waals surface area contributed by atoms with Crippen LogP contribution in [0.25, 0.3) is 0 Å². The van der Waals surface area contributed by atoms with E-state index >= 15 is 0 Å². The minimum absolute atomic E-state index is 0.792. The zero-order chi connectivity index (χ0) is 10.7. The van der Waals surface area contributed by atoms with Gasteiger partial charge < -0.3 is 11.5 Å². The van der Waals surface area contributed by atoms with Crippen molar-refractivity contribution < 1.29 is 0 Å². The molecular weight excluding hydrogens is 184 g/mol. The molecule has 0 aromatic heterocycles. The molecule has 1 aliphatic carbocycles. The van der Waals surface area contributed by atoms with Gasteiger partial charge in [0.15, 0.2) is 0 Å². The van der Waals surface area contributed by atoms with Crippen molar-refractivity contribution in [1.29, 1.82) is 0 Å². The molecule has 1 aromatic rings. The molecule has 0 atom stereocenters. The van der Waals surface area contributed by atoms with Crippen LogP contribution < -0.4 is 11.5 Å². The second-order valence-electron chi connectivity index (χ2n) is 4.72. The summed E-state index contributed by atoms with van der Waals surface area (Å²) in [5.74, 6) is 0.847. The molecule has 2 nitrogen and oxygen atoms in total. The van der Waals surface area contributed by atoms with Crippen molar-refractivity contribution in [2.75, 3.05) is 11.5 Å². The summed E-state index contributed by atoms with van der Waals surface area (Å²) in [6.45, 7) is 0. The maximum absolute atomic E-state index is 5.78. The Labute approximate surface area is 91.7 Å². The highest BCUT2D eigenvalue weighted by atomic mass is 14.6. The first-order chi connectivity index (χ1) is 7.24. The average Bonchev–Trinajstić information content (AvgIpc) is 2.17. The lowest BCUT2D eigenvalue weighted by Crippen LogP contribution is -2.09. The largest absolute Gasteiger partial charge is 0.399 e. The van der Waals surface area contributed by atoms with Crippen LogP contribution in [0.15, 0.2) is 18.2 Å². The molecule has 4 N–H and O–H groups in total. The number of benzene rings is 1. The summed E-state index contributed by atoms with van der Waals surface area (Å²) >= 11 is 0. The summed E-state index contributed by atoms with van der Waals surface area (Å²) in [5.41, 5.74) is 14.5. The number of rotatable bonds is 2. The molecule has 0 heterocycles. The summed E-state index contributed by atoms with van der Waals surface area (Å²) in [5, 5.41) is 0. The molecule has 0 radical (unpaired) electrons. The maximum atomic E-state index is 5.78. The average molecular weight is 204 g/mol. The molecule has 1 aromatic carbocycles. The van der Waals surface area contributed by atoms with Crippen LogP contribution in [-0.4, -0.2) is 0 Å². The van der Waals surface area contributed by atoms with Crippen molar-refractivity contribution in [3.05, 3.63) is 23.8 Å². The Morgan fingerprint density at radius 2 is 1.53 bits per heavy atom. The van der Waals surface area contributed by atoms with Gasteiger partial charge >= 0.3 is 0 Å². The monoisotopic (exact) mass is 204 g/mol. The molecule has 15 heavy (non-hydrogen) atoms. The Bertz CT molecular complexity index is 307. The minimum Gasteiger partial charge on any atom is -0.399 e. The van der Waals surface area contributed by atoms with Crippen molar-refractivity contribution in [3.8, 4) is 0 Å². The van der Waals surface area contributed by atoms with Crippen molar-refractivity contribution >= 4 is 11.4 Å². The highest BCUT2D eigenvalue weighted by Gasteiger charge is 2.14. The number of hydrogen-bond acceptors (Lipinski definition) is 2. The van der Waals surface area contributed by atoms with E-state index in [1.165, 1.54) is 37.7 Å². The number of hydrogen-bond donors (Lipinski definition) is 2. The van der Waals surface area contributed by atoms with E-state index in [0.717, 1.165) is 23.7 Å². The van der Waals surface area contributed by atoms with E-state index in [2.05, 4.69) is 12.1 Å². The third kappa shape index (κ3) is 2.88. The third-order valence-corrected chi connectivity index (χ3v) is 3.29. The van der Waals surface area contributed by atoms with E-state index in [-0.39, 0.29) is 0 Å². The Morgan fingerprint density at radius 1 is 0.933 bits per heavy atom. The van der Waals surface area contributed by atoms with Crippen molar-refractivity contribution in [2.24, 2.45) is 5.92 Å². The lowest BCUT2D eigenvalue weighted by molar-refractivity contribution is 0.357. The van der Waals surface area contributed by atoms with Gasteiger partial charge in [-0.3, -0.25) is 0 Å². The van der Waals surface area contributed by atoms with Crippen LogP contribution in [-0.2, 0) is 6.42 Å². The predicted octanol–water partition coefficient (Wildman–Crippen LogP) is 2.97. The summed E-state index contributed by atoms with van der Waals surface area (Å²) in [6.07, 6.45) is 8.08. The van der Waals surface area contributed by atoms with Crippen LogP contribution in [0.4, 0.5) is 11.4 Å². The van der Waals surface area contributed by atoms with Crippen LogP contribution >= 0.6 is 0 Å². The minimum atomic E-state index is 0.792. The highest BCUT2D eigenvalue weighted by Crippen LogP contribution is 2.27. The number of nitrogen functional groups attached to an aromatic ring is 2. The van der Waals surface area contributed by atoms with E-state index in [1.54, 1.807) is 0 Å². The predicted molar refractivity (Wildman–Crippen MR) is 65.5 cm³/mol. The van der Waals surface area contributed by atoms with E-state index < -0.39 is 0 Å². The van der Waals surface area contributed by atoms with Crippen molar-refractivity contribution in [3.63, 3.8) is 0 Å². The fraction of sp³-hybridized carbons (Fsp3) is 0.538. The van der Waals surface area contributed by atoms with Crippen molar-refractivity contribution in [2.45, 2.75) is 38.5 Å². The number of anilines is 2. The second-order valence-corrected chi connectivity index (χ2v) is 4.72. The molecule has 2 rings (SSSR count). The van der Waals surface area contributed by atoms with Crippen LogP contribution in [0, 0.1) is 5.92 Å². The molecular formula is C13H20N2. The molecule has 0 aliphatic heterocycles. The lowest BCUT2D eigenvalue weighted by Gasteiger charge is -2.21. The second kappa shape index (κ2) is 4.56. The molecule has 0 spiro atoms. The molecule has 2 heteroatoms. The van der Waals surface area contributed by atoms with Gasteiger partial charge in [0, 0.05) is 11.4 Å². The topological polar surface area (TPSA) is 52.0 Å². The Morgan fingerprint density at radius 3 is 2.13 bits per heavy atom. The molecule has 82 valence electrons. The van der Waals surface area contributed by atoms with Gasteiger partial charge in [-0.15, -0.1) is 0 Å². The first-order valence-electron chi connectivity index (χ1n) is 5.89. The van der Waals surface area contributed by atoms with Crippen molar-refractivity contribution in [1.82, 2.24) is 0 Å². The van der Waals surface area contributed by atoms with Crippen LogP contribution in [0.5, 0.6) is 0 Å². The molecule has 0 bridgehead atoms. The fourth-order valence-corrected chi connectivity index (χ4v) is 2.59. The van der Waals surface area contributed by atoms with Gasteiger partial charge in [-0.2, -0.15) is 0 Å². The number of nitrogens with two attached hydrogens (primary N) is 2. The zero-order valence-corrected chi connectivity index (χ0v) is 9.21. The van der Waals surface area contributed by atoms with Gasteiger partial charge in [0.25, 0.3) is 0 Å². The smallest absolute Gasteiger partial charge is 0.0337 e. The van der Waals surface area contributed by atoms with Gasteiger partial charge in [-0.1, -0.05) is 32.1 Å². The molecule has 0 amide bonds. The molecule has 1 aliphatic rings. The third-order valence-electron chi connectivity index (χ3n) is 3.29. The summed E-state index contributed by atoms with van der Waals surface area (Å²) in [7, 11) is 0. The summed E-state index contributed by atoms with van der Waals surface area (Å²) < 4.78 is 0. The van der Waals surface area contributed by atoms with Gasteiger partial charge in [0.1, 0.15) is 0 Å². The SMILES string of the molecule is Nc1cc(N)cc(CC2CCCCC2)c1. The van der Waals surface area contributed by atoms with Gasteiger partial charge in [-0.05, 0) is 36.1 Å². The normalized spacial score (nSPS) is 17.9. The lowest BCUT2D eigenvalue weighted by atomic mass is 9.85. The van der Waals surface area contributed by atoms with Gasteiger partial charge in [0.05, 0.1) is 0 Å². The Balaban J connectivity index is 2.02. The van der Waals surface area contributed by atoms with E-state index in [0.29, 0.717) is 0 Å². The van der Waals surface area contributed by atoms with Crippen LogP contribution in [0.3, 0.4) is 0 Å². The molecule has 0 unspecified atom stereocenters. The summed E-state index contributed by atoms with van der Waals surface area (Å²) in [4.78, 5) is 0. The fourth-order valence-electron chi connectivity index (χ4n) is 2.59. The van der Waals surface area contributed by atoms with Gasteiger partial charge in [0.2, 0.25) is 0 Å². The molecule has 0 saturated heterocycles. The summed E-state index contributed by atoms with van der Waals surface area (Å²) in [6, 6.07) is 5.94. The molecule has 1 saturated carbocycles. The first-order valence-corrected chi connectivity index (χ1v) is 5.89. The quantitative estimate of drug-likeness (QED) is 0.728.